The number of likely N-dealkylation sites (N-methyl/N-ethyl adjacent to an activating group) is 1. The predicted octanol–water partition coefficient (Wildman–Crippen LogP) is 5.79. The van der Waals surface area contributed by atoms with Crippen molar-refractivity contribution < 1.29 is 9.84 Å². The van der Waals surface area contributed by atoms with Gasteiger partial charge < -0.3 is 14.7 Å². The number of ether oxygens (including phenoxy) is 1. The van der Waals surface area contributed by atoms with Crippen molar-refractivity contribution in [2.24, 2.45) is 0 Å². The maximum Gasteiger partial charge on any atom is 0.122 e. The Labute approximate surface area is 198 Å². The largest absolute Gasteiger partial charge is 0.492 e. The van der Waals surface area contributed by atoms with Crippen LogP contribution < -0.4 is 4.74 Å². The van der Waals surface area contributed by atoms with Crippen LogP contribution in [0.5, 0.6) is 5.75 Å². The molecule has 1 aliphatic rings. The first kappa shape index (κ1) is 24.3. The fourth-order valence-corrected chi connectivity index (χ4v) is 4.89. The van der Waals surface area contributed by atoms with Gasteiger partial charge in [0.15, 0.2) is 0 Å². The van der Waals surface area contributed by atoms with Crippen LogP contribution in [0.1, 0.15) is 48.4 Å². The first-order valence-electron chi connectivity index (χ1n) is 11.5. The van der Waals surface area contributed by atoms with E-state index in [1.165, 1.54) is 11.1 Å². The molecule has 0 bridgehead atoms. The van der Waals surface area contributed by atoms with E-state index in [0.717, 1.165) is 49.4 Å². The number of benzene rings is 3. The number of aryl methyl sites for hydroxylation is 1. The van der Waals surface area contributed by atoms with E-state index in [0.29, 0.717) is 6.61 Å². The van der Waals surface area contributed by atoms with Gasteiger partial charge in [-0.1, -0.05) is 80.6 Å². The number of aliphatic hydroxyl groups is 1. The third kappa shape index (κ3) is 4.85. The van der Waals surface area contributed by atoms with E-state index in [-0.39, 0.29) is 18.3 Å². The lowest BCUT2D eigenvalue weighted by molar-refractivity contribution is 0.0384. The minimum absolute atomic E-state index is 0. The number of rotatable bonds is 8. The standard InChI is InChI=1S/C28H33NO2.ClH/c1-3-29(4-2)20-21-31-25-17-15-24(16-18-25)28(30)26-13-9-8-12-23(26)14-19-27(28)22-10-6-5-7-11-22;/h5-13,15-18,27,30H,3-4,14,19-21H2,1-2H3;1H. The Hall–Kier alpha value is -2.33. The van der Waals surface area contributed by atoms with Crippen LogP contribution >= 0.6 is 12.4 Å². The van der Waals surface area contributed by atoms with Crippen LogP contribution in [0, 0.1) is 0 Å². The fourth-order valence-electron chi connectivity index (χ4n) is 4.89. The molecule has 1 N–H and O–H groups in total. The smallest absolute Gasteiger partial charge is 0.122 e. The second kappa shape index (κ2) is 11.0. The van der Waals surface area contributed by atoms with Gasteiger partial charge in [0.05, 0.1) is 0 Å². The summed E-state index contributed by atoms with van der Waals surface area (Å²) < 4.78 is 5.97. The van der Waals surface area contributed by atoms with Crippen molar-refractivity contribution in [1.29, 1.82) is 0 Å². The highest BCUT2D eigenvalue weighted by molar-refractivity contribution is 5.85. The zero-order valence-electron chi connectivity index (χ0n) is 19.0. The molecule has 4 heteroatoms. The van der Waals surface area contributed by atoms with E-state index in [4.69, 9.17) is 4.74 Å². The van der Waals surface area contributed by atoms with Crippen molar-refractivity contribution in [2.45, 2.75) is 38.2 Å². The Morgan fingerprint density at radius 3 is 2.25 bits per heavy atom. The van der Waals surface area contributed by atoms with E-state index in [9.17, 15) is 5.11 Å². The van der Waals surface area contributed by atoms with Crippen LogP contribution in [-0.4, -0.2) is 36.2 Å². The predicted molar refractivity (Wildman–Crippen MR) is 134 cm³/mol. The third-order valence-electron chi connectivity index (χ3n) is 6.70. The van der Waals surface area contributed by atoms with E-state index >= 15 is 0 Å². The first-order valence-corrected chi connectivity index (χ1v) is 11.5. The zero-order valence-corrected chi connectivity index (χ0v) is 19.9. The second-order valence-corrected chi connectivity index (χ2v) is 8.33. The molecule has 32 heavy (non-hydrogen) atoms. The highest BCUT2D eigenvalue weighted by atomic mass is 35.5. The average molecular weight is 452 g/mol. The fraction of sp³-hybridized carbons (Fsp3) is 0.357. The van der Waals surface area contributed by atoms with Gasteiger partial charge in [-0.25, -0.2) is 0 Å². The van der Waals surface area contributed by atoms with Gasteiger partial charge in [-0.15, -0.1) is 12.4 Å². The van der Waals surface area contributed by atoms with Crippen molar-refractivity contribution in [3.05, 3.63) is 101 Å². The lowest BCUT2D eigenvalue weighted by Crippen LogP contribution is -2.39. The van der Waals surface area contributed by atoms with Crippen molar-refractivity contribution in [1.82, 2.24) is 4.90 Å². The normalized spacial score (nSPS) is 19.8. The molecular weight excluding hydrogens is 418 g/mol. The molecule has 0 saturated carbocycles. The summed E-state index contributed by atoms with van der Waals surface area (Å²) in [7, 11) is 0. The quantitative estimate of drug-likeness (QED) is 0.470. The molecule has 0 aliphatic heterocycles. The topological polar surface area (TPSA) is 32.7 Å². The molecule has 0 spiro atoms. The Bertz CT molecular complexity index is 972. The minimum Gasteiger partial charge on any atom is -0.492 e. The van der Waals surface area contributed by atoms with E-state index in [2.05, 4.69) is 61.2 Å². The van der Waals surface area contributed by atoms with E-state index in [1.807, 2.05) is 36.4 Å². The number of hydrogen-bond donors (Lipinski definition) is 1. The maximum absolute atomic E-state index is 12.3. The first-order chi connectivity index (χ1) is 15.2. The Morgan fingerprint density at radius 2 is 1.56 bits per heavy atom. The summed E-state index contributed by atoms with van der Waals surface area (Å²) in [6.07, 6.45) is 1.89. The summed E-state index contributed by atoms with van der Waals surface area (Å²) in [5, 5.41) is 12.3. The van der Waals surface area contributed by atoms with Crippen LogP contribution in [0.3, 0.4) is 0 Å². The highest BCUT2D eigenvalue weighted by Gasteiger charge is 2.44. The van der Waals surface area contributed by atoms with Gasteiger partial charge in [0.2, 0.25) is 0 Å². The average Bonchev–Trinajstić information content (AvgIpc) is 2.83. The lowest BCUT2D eigenvalue weighted by atomic mass is 9.66. The van der Waals surface area contributed by atoms with Crippen molar-refractivity contribution in [2.75, 3.05) is 26.2 Å². The molecule has 170 valence electrons. The van der Waals surface area contributed by atoms with Gasteiger partial charge in [-0.3, -0.25) is 0 Å². The molecule has 0 amide bonds. The van der Waals surface area contributed by atoms with Crippen molar-refractivity contribution in [3.63, 3.8) is 0 Å². The van der Waals surface area contributed by atoms with Crippen molar-refractivity contribution >= 4 is 12.4 Å². The zero-order chi connectivity index (χ0) is 21.7. The Kier molecular flexibility index (Phi) is 8.36. The second-order valence-electron chi connectivity index (χ2n) is 8.33. The van der Waals surface area contributed by atoms with E-state index < -0.39 is 5.60 Å². The lowest BCUT2D eigenvalue weighted by Gasteiger charge is -2.42. The minimum atomic E-state index is -1.06. The molecule has 0 aromatic heterocycles. The van der Waals surface area contributed by atoms with Gasteiger partial charge >= 0.3 is 0 Å². The summed E-state index contributed by atoms with van der Waals surface area (Å²) in [4.78, 5) is 2.35. The van der Waals surface area contributed by atoms with Crippen LogP contribution in [0.2, 0.25) is 0 Å². The third-order valence-corrected chi connectivity index (χ3v) is 6.70. The summed E-state index contributed by atoms with van der Waals surface area (Å²) in [5.41, 5.74) is 3.29. The van der Waals surface area contributed by atoms with Gasteiger partial charge in [-0.2, -0.15) is 0 Å². The van der Waals surface area contributed by atoms with Crippen LogP contribution in [0.25, 0.3) is 0 Å². The molecule has 3 nitrogen and oxygen atoms in total. The summed E-state index contributed by atoms with van der Waals surface area (Å²) >= 11 is 0. The maximum atomic E-state index is 12.3. The summed E-state index contributed by atoms with van der Waals surface area (Å²) in [6, 6.07) is 26.8. The number of hydrogen-bond acceptors (Lipinski definition) is 3. The molecular formula is C28H34ClNO2. The van der Waals surface area contributed by atoms with Crippen LogP contribution in [0.4, 0.5) is 0 Å². The molecule has 2 atom stereocenters. The van der Waals surface area contributed by atoms with E-state index in [1.54, 1.807) is 0 Å². The molecule has 4 rings (SSSR count). The molecule has 0 heterocycles. The van der Waals surface area contributed by atoms with Crippen molar-refractivity contribution in [3.8, 4) is 5.75 Å². The SMILES string of the molecule is CCN(CC)CCOc1ccc(C2(O)c3ccccc3CCC2c2ccccc2)cc1.Cl. The van der Waals surface area contributed by atoms with Crippen LogP contribution in [-0.2, 0) is 12.0 Å². The molecule has 0 radical (unpaired) electrons. The summed E-state index contributed by atoms with van der Waals surface area (Å²) in [6.45, 7) is 8.00. The molecule has 0 fully saturated rings. The number of halogens is 1. The van der Waals surface area contributed by atoms with Gasteiger partial charge in [0, 0.05) is 12.5 Å². The van der Waals surface area contributed by atoms with Gasteiger partial charge in [0.1, 0.15) is 18.0 Å². The number of fused-ring (bicyclic) bond motifs is 1. The monoisotopic (exact) mass is 451 g/mol. The Morgan fingerprint density at radius 1 is 0.906 bits per heavy atom. The molecule has 0 saturated heterocycles. The summed E-state index contributed by atoms with van der Waals surface area (Å²) in [5.74, 6) is 0.859. The molecule has 1 aliphatic carbocycles. The van der Waals surface area contributed by atoms with Gasteiger partial charge in [-0.05, 0) is 60.3 Å². The Balaban J connectivity index is 0.00000289. The number of nitrogens with zero attached hydrogens (tertiary/aromatic N) is 1. The molecule has 3 aromatic carbocycles. The van der Waals surface area contributed by atoms with Gasteiger partial charge in [0.25, 0.3) is 0 Å². The molecule has 2 unspecified atom stereocenters. The molecule has 3 aromatic rings. The highest BCUT2D eigenvalue weighted by Crippen LogP contribution is 2.49. The van der Waals surface area contributed by atoms with Crippen LogP contribution in [0.15, 0.2) is 78.9 Å².